The van der Waals surface area contributed by atoms with Crippen LogP contribution in [0.1, 0.15) is 50.9 Å². The van der Waals surface area contributed by atoms with E-state index in [0.29, 0.717) is 5.56 Å². The van der Waals surface area contributed by atoms with Crippen LogP contribution in [0.15, 0.2) is 24.3 Å². The third kappa shape index (κ3) is 4.40. The van der Waals surface area contributed by atoms with Crippen molar-refractivity contribution in [3.05, 3.63) is 29.8 Å². The van der Waals surface area contributed by atoms with Crippen molar-refractivity contribution in [1.29, 1.82) is 0 Å². The second-order valence-corrected chi connectivity index (χ2v) is 4.64. The Balaban J connectivity index is 2.62. The fourth-order valence-corrected chi connectivity index (χ4v) is 1.41. The molecule has 0 radical (unpaired) electrons. The normalized spacial score (nSPS) is 13.8. The zero-order valence-corrected chi connectivity index (χ0v) is 11.7. The van der Waals surface area contributed by atoms with Crippen molar-refractivity contribution in [2.75, 3.05) is 0 Å². The molecule has 0 aliphatic heterocycles. The van der Waals surface area contributed by atoms with E-state index in [1.807, 2.05) is 32.9 Å². The van der Waals surface area contributed by atoms with E-state index < -0.39 is 0 Å². The summed E-state index contributed by atoms with van der Waals surface area (Å²) in [5.74, 6) is 0.781. The number of carbonyl (C=O) groups excluding carboxylic acids is 1. The molecule has 0 saturated carbocycles. The minimum absolute atomic E-state index is 0.0283. The molecule has 0 bridgehead atoms. The lowest BCUT2D eigenvalue weighted by molar-refractivity contribution is 0.0939. The molecule has 0 aliphatic carbocycles. The second-order valence-electron chi connectivity index (χ2n) is 4.64. The van der Waals surface area contributed by atoms with E-state index in [2.05, 4.69) is 12.2 Å². The maximum atomic E-state index is 11.9. The quantitative estimate of drug-likeness (QED) is 0.839. The molecule has 0 heterocycles. The van der Waals surface area contributed by atoms with Crippen LogP contribution in [0.25, 0.3) is 0 Å². The van der Waals surface area contributed by atoms with Gasteiger partial charge in [-0.05, 0) is 51.0 Å². The predicted octanol–water partition coefficient (Wildman–Crippen LogP) is 3.39. The second kappa shape index (κ2) is 7.04. The smallest absolute Gasteiger partial charge is 0.251 e. The van der Waals surface area contributed by atoms with E-state index >= 15 is 0 Å². The Morgan fingerprint density at radius 2 is 1.78 bits per heavy atom. The summed E-state index contributed by atoms with van der Waals surface area (Å²) in [4.78, 5) is 11.9. The minimum atomic E-state index is -0.0283. The zero-order chi connectivity index (χ0) is 13.5. The fraction of sp³-hybridized carbons (Fsp3) is 0.533. The summed E-state index contributed by atoms with van der Waals surface area (Å²) in [6.07, 6.45) is 2.10. The highest BCUT2D eigenvalue weighted by Crippen LogP contribution is 2.15. The first-order chi connectivity index (χ1) is 8.56. The Labute approximate surface area is 110 Å². The Kier molecular flexibility index (Phi) is 5.69. The minimum Gasteiger partial charge on any atom is -0.491 e. The number of amides is 1. The van der Waals surface area contributed by atoms with Gasteiger partial charge in [-0.15, -0.1) is 0 Å². The van der Waals surface area contributed by atoms with Gasteiger partial charge in [0.05, 0.1) is 6.10 Å². The van der Waals surface area contributed by atoms with Crippen LogP contribution in [-0.4, -0.2) is 18.1 Å². The van der Waals surface area contributed by atoms with E-state index in [0.717, 1.165) is 18.6 Å². The monoisotopic (exact) mass is 249 g/mol. The van der Waals surface area contributed by atoms with Crippen molar-refractivity contribution in [2.24, 2.45) is 0 Å². The standard InChI is InChI=1S/C15H23NO2/c1-5-11(3)16-15(17)13-7-9-14(10-8-13)18-12(4)6-2/h7-12H,5-6H2,1-4H3,(H,16,17)/t11-,12+/m0/s1. The van der Waals surface area contributed by atoms with Gasteiger partial charge < -0.3 is 10.1 Å². The van der Waals surface area contributed by atoms with Crippen LogP contribution in [0.2, 0.25) is 0 Å². The molecular formula is C15H23NO2. The molecule has 1 N–H and O–H groups in total. The van der Waals surface area contributed by atoms with Gasteiger partial charge in [0.15, 0.2) is 0 Å². The molecule has 100 valence electrons. The van der Waals surface area contributed by atoms with Crippen LogP contribution in [0.3, 0.4) is 0 Å². The maximum Gasteiger partial charge on any atom is 0.251 e. The van der Waals surface area contributed by atoms with Gasteiger partial charge in [0.1, 0.15) is 5.75 Å². The lowest BCUT2D eigenvalue weighted by Crippen LogP contribution is -2.31. The molecule has 3 nitrogen and oxygen atoms in total. The summed E-state index contributed by atoms with van der Waals surface area (Å²) in [6.45, 7) is 8.16. The topological polar surface area (TPSA) is 38.3 Å². The highest BCUT2D eigenvalue weighted by Gasteiger charge is 2.08. The van der Waals surface area contributed by atoms with Crippen LogP contribution in [0, 0.1) is 0 Å². The van der Waals surface area contributed by atoms with Crippen LogP contribution < -0.4 is 10.1 Å². The van der Waals surface area contributed by atoms with E-state index in [9.17, 15) is 4.79 Å². The Bertz CT molecular complexity index is 373. The van der Waals surface area contributed by atoms with Gasteiger partial charge in [-0.3, -0.25) is 4.79 Å². The van der Waals surface area contributed by atoms with E-state index in [-0.39, 0.29) is 18.1 Å². The van der Waals surface area contributed by atoms with Crippen LogP contribution in [0.5, 0.6) is 5.75 Å². The molecule has 1 amide bonds. The number of benzene rings is 1. The highest BCUT2D eigenvalue weighted by molar-refractivity contribution is 5.94. The highest BCUT2D eigenvalue weighted by atomic mass is 16.5. The zero-order valence-electron chi connectivity index (χ0n) is 11.7. The molecule has 1 rings (SSSR count). The van der Waals surface area contributed by atoms with Gasteiger partial charge in [-0.1, -0.05) is 13.8 Å². The van der Waals surface area contributed by atoms with Crippen molar-refractivity contribution in [2.45, 2.75) is 52.7 Å². The van der Waals surface area contributed by atoms with Crippen LogP contribution >= 0.6 is 0 Å². The molecule has 0 spiro atoms. The maximum absolute atomic E-state index is 11.9. The molecule has 2 atom stereocenters. The SMILES string of the molecule is CC[C@@H](C)Oc1ccc(C(=O)N[C@@H](C)CC)cc1. The van der Waals surface area contributed by atoms with Crippen molar-refractivity contribution < 1.29 is 9.53 Å². The molecule has 1 aromatic rings. The summed E-state index contributed by atoms with van der Waals surface area (Å²) < 4.78 is 5.67. The van der Waals surface area contributed by atoms with E-state index in [1.165, 1.54) is 0 Å². The van der Waals surface area contributed by atoms with Gasteiger partial charge in [0.25, 0.3) is 5.91 Å². The number of hydrogen-bond acceptors (Lipinski definition) is 2. The summed E-state index contributed by atoms with van der Waals surface area (Å²) in [6, 6.07) is 7.49. The number of rotatable bonds is 6. The number of nitrogens with one attached hydrogen (secondary N) is 1. The van der Waals surface area contributed by atoms with Gasteiger partial charge in [-0.2, -0.15) is 0 Å². The summed E-state index contributed by atoms with van der Waals surface area (Å²) in [7, 11) is 0. The first-order valence-corrected chi connectivity index (χ1v) is 6.64. The van der Waals surface area contributed by atoms with Gasteiger partial charge in [0, 0.05) is 11.6 Å². The van der Waals surface area contributed by atoms with Crippen molar-refractivity contribution in [3.63, 3.8) is 0 Å². The van der Waals surface area contributed by atoms with E-state index in [4.69, 9.17) is 4.74 Å². The molecule has 1 aromatic carbocycles. The Hall–Kier alpha value is -1.51. The molecule has 18 heavy (non-hydrogen) atoms. The third-order valence-electron chi connectivity index (χ3n) is 3.02. The van der Waals surface area contributed by atoms with Gasteiger partial charge >= 0.3 is 0 Å². The molecule has 0 aromatic heterocycles. The number of ether oxygens (including phenoxy) is 1. The van der Waals surface area contributed by atoms with Gasteiger partial charge in [-0.25, -0.2) is 0 Å². The molecule has 0 aliphatic rings. The third-order valence-corrected chi connectivity index (χ3v) is 3.02. The molecule has 0 unspecified atom stereocenters. The first kappa shape index (κ1) is 14.6. The molecular weight excluding hydrogens is 226 g/mol. The Morgan fingerprint density at radius 3 is 2.28 bits per heavy atom. The van der Waals surface area contributed by atoms with Crippen molar-refractivity contribution >= 4 is 5.91 Å². The van der Waals surface area contributed by atoms with Crippen LogP contribution in [-0.2, 0) is 0 Å². The summed E-state index contributed by atoms with van der Waals surface area (Å²) in [5, 5.41) is 2.94. The van der Waals surface area contributed by atoms with E-state index in [1.54, 1.807) is 12.1 Å². The largest absolute Gasteiger partial charge is 0.491 e. The number of carbonyl (C=O) groups is 1. The lowest BCUT2D eigenvalue weighted by atomic mass is 10.2. The van der Waals surface area contributed by atoms with Gasteiger partial charge in [0.2, 0.25) is 0 Å². The summed E-state index contributed by atoms with van der Waals surface area (Å²) in [5.41, 5.74) is 0.673. The fourth-order valence-electron chi connectivity index (χ4n) is 1.41. The lowest BCUT2D eigenvalue weighted by Gasteiger charge is -2.14. The molecule has 0 fully saturated rings. The Morgan fingerprint density at radius 1 is 1.17 bits per heavy atom. The average molecular weight is 249 g/mol. The molecule has 0 saturated heterocycles. The average Bonchev–Trinajstić information content (AvgIpc) is 2.39. The predicted molar refractivity (Wildman–Crippen MR) is 74.0 cm³/mol. The number of hydrogen-bond donors (Lipinski definition) is 1. The summed E-state index contributed by atoms with van der Waals surface area (Å²) >= 11 is 0. The van der Waals surface area contributed by atoms with Crippen molar-refractivity contribution in [3.8, 4) is 5.75 Å². The first-order valence-electron chi connectivity index (χ1n) is 6.64. The van der Waals surface area contributed by atoms with Crippen molar-refractivity contribution in [1.82, 2.24) is 5.32 Å². The van der Waals surface area contributed by atoms with Crippen LogP contribution in [0.4, 0.5) is 0 Å². The molecule has 3 heteroatoms.